The number of carbonyl (C=O) groups excluding carboxylic acids is 2. The Hall–Kier alpha value is -1.88. The number of hydrogen-bond donors (Lipinski definition) is 7. The molecule has 10 rings (SSSR count). The second-order valence-electron chi connectivity index (χ2n) is 23.1. The fourth-order valence-electron chi connectivity index (χ4n) is 16.1. The van der Waals surface area contributed by atoms with Gasteiger partial charge in [-0.2, -0.15) is 0 Å². The zero-order valence-electron chi connectivity index (χ0n) is 39.2. The van der Waals surface area contributed by atoms with Crippen LogP contribution in [0.1, 0.15) is 106 Å². The number of allylic oxidation sites excluding steroid dienone is 1. The smallest absolute Gasteiger partial charge is 0.313 e. The van der Waals surface area contributed by atoms with Gasteiger partial charge in [0.25, 0.3) is 0 Å². The molecule has 10 aliphatic rings. The van der Waals surface area contributed by atoms with Gasteiger partial charge in [0.15, 0.2) is 24.5 Å². The van der Waals surface area contributed by atoms with Crippen molar-refractivity contribution in [2.45, 2.75) is 216 Å². The van der Waals surface area contributed by atoms with Gasteiger partial charge < -0.3 is 78.4 Å². The van der Waals surface area contributed by atoms with E-state index >= 15 is 0 Å². The van der Waals surface area contributed by atoms with Crippen LogP contribution in [0.3, 0.4) is 0 Å². The van der Waals surface area contributed by atoms with Gasteiger partial charge in [0, 0.05) is 18.3 Å². The van der Waals surface area contributed by atoms with E-state index in [9.17, 15) is 45.3 Å². The summed E-state index contributed by atoms with van der Waals surface area (Å²) in [4.78, 5) is 25.8. The first kappa shape index (κ1) is 47.8. The van der Waals surface area contributed by atoms with Crippen molar-refractivity contribution in [3.8, 4) is 0 Å². The van der Waals surface area contributed by atoms with Gasteiger partial charge in [-0.15, -0.1) is 0 Å². The van der Waals surface area contributed by atoms with E-state index < -0.39 is 121 Å². The van der Waals surface area contributed by atoms with Crippen molar-refractivity contribution >= 4 is 11.9 Å². The molecule has 18 nitrogen and oxygen atoms in total. The molecule has 18 heteroatoms. The Kier molecular flexibility index (Phi) is 11.6. The molecule has 0 radical (unpaired) electrons. The van der Waals surface area contributed by atoms with Gasteiger partial charge in [0.1, 0.15) is 73.8 Å². The molecule has 0 unspecified atom stereocenters. The number of ether oxygens (including phenoxy) is 9. The summed E-state index contributed by atoms with van der Waals surface area (Å²) in [6.07, 6.45) is -14.7. The van der Waals surface area contributed by atoms with Crippen LogP contribution in [0.15, 0.2) is 12.2 Å². The largest absolute Gasteiger partial charge is 0.463 e. The first-order valence-corrected chi connectivity index (χ1v) is 24.3. The highest BCUT2D eigenvalue weighted by Crippen LogP contribution is 2.83. The highest BCUT2D eigenvalue weighted by atomic mass is 16.8. The van der Waals surface area contributed by atoms with Crippen LogP contribution in [0.5, 0.6) is 0 Å². The predicted octanol–water partition coefficient (Wildman–Crippen LogP) is 1.14. The molecule has 0 amide bonds. The lowest BCUT2D eigenvalue weighted by Gasteiger charge is -2.72. The van der Waals surface area contributed by atoms with E-state index in [1.165, 1.54) is 12.5 Å². The quantitative estimate of drug-likeness (QED) is 0.0779. The van der Waals surface area contributed by atoms with Gasteiger partial charge in [0.05, 0.1) is 30.3 Å². The minimum absolute atomic E-state index is 0.0314. The molecule has 5 aliphatic carbocycles. The molecule has 372 valence electrons. The van der Waals surface area contributed by atoms with E-state index in [1.54, 1.807) is 0 Å². The molecule has 10 fully saturated rings. The standard InChI is InChI=1S/C48H72O18/c1-20-9-14-47-16-15-46(8)45(7)13-10-25-43(4,5)27(11-12-44(25,6)37(45)36-38(63-36)48(46,26(47)17-20)66-42(47)57)62-39-33(56)34(23(50)18-59-39)64-41-35(31(54)29(52)24(61-41)19-58-22(3)49)65-40-32(55)30(53)28(51)21(2)60-40/h21,23-41,50-56H,1,9-19H2,2-8H3/t21-,23-,24-,25-,26+,27+,28-,29-,30+,31-,32-,33-,34-,35-,36+,37+,38+,39+,40+,41-,44+,45-,46-,47+,48-/m1/s1. The van der Waals surface area contributed by atoms with Gasteiger partial charge in [-0.1, -0.05) is 46.8 Å². The first-order valence-electron chi connectivity index (χ1n) is 24.3. The van der Waals surface area contributed by atoms with Crippen LogP contribution < -0.4 is 0 Å². The summed E-state index contributed by atoms with van der Waals surface area (Å²) in [6.45, 7) is 17.9. The van der Waals surface area contributed by atoms with Crippen molar-refractivity contribution < 1.29 is 88.0 Å². The van der Waals surface area contributed by atoms with E-state index in [1.807, 2.05) is 0 Å². The maximum Gasteiger partial charge on any atom is 0.313 e. The Bertz CT molecular complexity index is 1930. The Morgan fingerprint density at radius 2 is 1.48 bits per heavy atom. The molecule has 0 aromatic carbocycles. The summed E-state index contributed by atoms with van der Waals surface area (Å²) >= 11 is 0. The van der Waals surface area contributed by atoms with Crippen molar-refractivity contribution in [2.24, 2.45) is 44.8 Å². The lowest BCUT2D eigenvalue weighted by atomic mass is 9.31. The molecule has 0 aromatic rings. The Morgan fingerprint density at radius 1 is 0.758 bits per heavy atom. The lowest BCUT2D eigenvalue weighted by molar-refractivity contribution is -0.385. The average molecular weight is 937 g/mol. The summed E-state index contributed by atoms with van der Waals surface area (Å²) in [6, 6.07) is 0. The number of epoxide rings is 1. The van der Waals surface area contributed by atoms with Gasteiger partial charge in [-0.25, -0.2) is 0 Å². The van der Waals surface area contributed by atoms with E-state index in [-0.39, 0.29) is 58.8 Å². The zero-order chi connectivity index (χ0) is 47.4. The van der Waals surface area contributed by atoms with Crippen LogP contribution in [-0.4, -0.2) is 171 Å². The molecule has 5 heterocycles. The van der Waals surface area contributed by atoms with Crippen LogP contribution in [0.2, 0.25) is 0 Å². The van der Waals surface area contributed by atoms with Gasteiger partial charge in [-0.3, -0.25) is 9.59 Å². The summed E-state index contributed by atoms with van der Waals surface area (Å²) in [5.74, 6) is -0.261. The maximum absolute atomic E-state index is 14.0. The lowest BCUT2D eigenvalue weighted by Crippen LogP contribution is -2.74. The molecular formula is C48H72O18. The first-order chi connectivity index (χ1) is 31.0. The fourth-order valence-corrected chi connectivity index (χ4v) is 16.1. The van der Waals surface area contributed by atoms with Crippen LogP contribution in [-0.2, 0) is 52.2 Å². The second kappa shape index (κ2) is 16.1. The van der Waals surface area contributed by atoms with Crippen molar-refractivity contribution in [1.82, 2.24) is 0 Å². The Labute approximate surface area is 385 Å². The number of hydrogen-bond acceptors (Lipinski definition) is 18. The number of fused-ring (bicyclic) bond motifs is 6. The third-order valence-corrected chi connectivity index (χ3v) is 19.8. The topological polar surface area (TPSA) is 262 Å². The third kappa shape index (κ3) is 6.56. The molecular weight excluding hydrogens is 865 g/mol. The summed E-state index contributed by atoms with van der Waals surface area (Å²) in [5.41, 5.74) is -1.00. The van der Waals surface area contributed by atoms with Gasteiger partial charge in [0.2, 0.25) is 0 Å². The maximum atomic E-state index is 14.0. The monoisotopic (exact) mass is 936 g/mol. The number of rotatable bonds is 8. The number of carbonyl (C=O) groups is 2. The van der Waals surface area contributed by atoms with Gasteiger partial charge >= 0.3 is 11.9 Å². The average Bonchev–Trinajstić information content (AvgIpc) is 4.02. The van der Waals surface area contributed by atoms with Gasteiger partial charge in [-0.05, 0) is 92.8 Å². The Balaban J connectivity index is 0.868. The molecule has 5 saturated carbocycles. The fraction of sp³-hybridized carbons (Fsp3) is 0.917. The minimum atomic E-state index is -1.82. The molecule has 5 saturated heterocycles. The van der Waals surface area contributed by atoms with E-state index in [4.69, 9.17) is 42.6 Å². The summed E-state index contributed by atoms with van der Waals surface area (Å²) < 4.78 is 55.3. The normalized spacial score (nSPS) is 57.0. The van der Waals surface area contributed by atoms with Crippen molar-refractivity contribution in [3.05, 3.63) is 12.2 Å². The molecule has 2 bridgehead atoms. The van der Waals surface area contributed by atoms with Crippen molar-refractivity contribution in [1.29, 1.82) is 0 Å². The molecule has 1 spiro atoms. The zero-order valence-corrected chi connectivity index (χ0v) is 39.2. The van der Waals surface area contributed by atoms with Crippen molar-refractivity contribution in [2.75, 3.05) is 13.2 Å². The number of esters is 2. The van der Waals surface area contributed by atoms with E-state index in [0.29, 0.717) is 6.42 Å². The predicted molar refractivity (Wildman–Crippen MR) is 225 cm³/mol. The SMILES string of the molecule is C=C1CC[C@@]23CC[C@@]4(C)[C@](OC2=O)([C@H]2O[C@H]2[C@H]2[C@@]5(C)CC[C@H](O[C@@H]6OC[C@@H](O)[C@@H](O[C@H]7O[C@H](COC(C)=O)[C@@H](O)[C@@H](O)[C@H]7O[C@@H]7O[C@H](C)[C@@H](O)[C@H](O)[C@H]7O)[C@H]6O)C(C)(C)[C@H]5CC[C@]24C)[C@H]3C1. The highest BCUT2D eigenvalue weighted by Gasteiger charge is 2.89. The van der Waals surface area contributed by atoms with Crippen LogP contribution >= 0.6 is 0 Å². The molecule has 7 N–H and O–H groups in total. The Morgan fingerprint density at radius 3 is 2.21 bits per heavy atom. The van der Waals surface area contributed by atoms with E-state index in [0.717, 1.165) is 58.3 Å². The molecule has 0 aromatic heterocycles. The van der Waals surface area contributed by atoms with Crippen LogP contribution in [0.25, 0.3) is 0 Å². The molecule has 25 atom stereocenters. The highest BCUT2D eigenvalue weighted by molar-refractivity contribution is 5.82. The number of aliphatic hydroxyl groups is 7. The van der Waals surface area contributed by atoms with Crippen LogP contribution in [0.4, 0.5) is 0 Å². The minimum Gasteiger partial charge on any atom is -0.463 e. The summed E-state index contributed by atoms with van der Waals surface area (Å²) in [7, 11) is 0. The number of aliphatic hydroxyl groups excluding tert-OH is 7. The molecule has 66 heavy (non-hydrogen) atoms. The molecule has 5 aliphatic heterocycles. The summed E-state index contributed by atoms with van der Waals surface area (Å²) in [5, 5.41) is 77.2. The van der Waals surface area contributed by atoms with E-state index in [2.05, 4.69) is 41.2 Å². The third-order valence-electron chi connectivity index (χ3n) is 19.8. The second-order valence-corrected chi connectivity index (χ2v) is 23.1. The van der Waals surface area contributed by atoms with Crippen LogP contribution in [0, 0.1) is 44.8 Å². The van der Waals surface area contributed by atoms with Crippen molar-refractivity contribution in [3.63, 3.8) is 0 Å².